The quantitative estimate of drug-likeness (QED) is 0.799. The summed E-state index contributed by atoms with van der Waals surface area (Å²) in [6.07, 6.45) is 1.86. The minimum atomic E-state index is -3.08. The number of carbonyl (C=O) groups excluding carboxylic acids is 1. The largest absolute Gasteiger partial charge is 0.322 e. The van der Waals surface area contributed by atoms with E-state index in [1.54, 1.807) is 11.8 Å². The lowest BCUT2D eigenvalue weighted by molar-refractivity contribution is -0.132. The Labute approximate surface area is 110 Å². The molecule has 0 aromatic heterocycles. The Bertz CT molecular complexity index is 406. The molecule has 0 aliphatic carbocycles. The minimum Gasteiger partial charge on any atom is -0.322 e. The maximum atomic E-state index is 12.2. The number of rotatable bonds is 5. The minimum absolute atomic E-state index is 0.0140. The van der Waals surface area contributed by atoms with Gasteiger partial charge in [0.25, 0.3) is 0 Å². The van der Waals surface area contributed by atoms with Crippen LogP contribution in [0.3, 0.4) is 0 Å². The van der Waals surface area contributed by atoms with Crippen molar-refractivity contribution < 1.29 is 13.2 Å². The van der Waals surface area contributed by atoms with Crippen LogP contribution in [0.2, 0.25) is 0 Å². The third-order valence-electron chi connectivity index (χ3n) is 3.28. The molecule has 1 rings (SSSR count). The molecule has 0 aromatic rings. The average molecular weight is 276 g/mol. The van der Waals surface area contributed by atoms with Gasteiger partial charge in [0.05, 0.1) is 18.0 Å². The topological polar surface area (TPSA) is 66.5 Å². The summed E-state index contributed by atoms with van der Waals surface area (Å²) in [4.78, 5) is 14.0. The summed E-state index contributed by atoms with van der Waals surface area (Å²) < 4.78 is 22.7. The SMILES string of the molecule is CCC1NC(C(C)C)N(C(C)CS(C)(=O)=O)C1=O. The van der Waals surface area contributed by atoms with Crippen molar-refractivity contribution in [3.63, 3.8) is 0 Å². The van der Waals surface area contributed by atoms with Crippen LogP contribution < -0.4 is 5.32 Å². The second-order valence-electron chi connectivity index (χ2n) is 5.50. The van der Waals surface area contributed by atoms with Crippen LogP contribution in [-0.2, 0) is 14.6 Å². The molecule has 0 bridgehead atoms. The summed E-state index contributed by atoms with van der Waals surface area (Å²) in [6.45, 7) is 7.82. The molecule has 5 nitrogen and oxygen atoms in total. The highest BCUT2D eigenvalue weighted by Gasteiger charge is 2.42. The highest BCUT2D eigenvalue weighted by molar-refractivity contribution is 7.90. The van der Waals surface area contributed by atoms with E-state index in [0.29, 0.717) is 0 Å². The standard InChI is InChI=1S/C12H24N2O3S/c1-6-10-12(15)14(11(13-10)8(2)3)9(4)7-18(5,16)17/h8-11,13H,6-7H2,1-5H3. The number of carbonyl (C=O) groups is 1. The van der Waals surface area contributed by atoms with Crippen LogP contribution in [0.5, 0.6) is 0 Å². The zero-order chi connectivity index (χ0) is 14.1. The summed E-state index contributed by atoms with van der Waals surface area (Å²) >= 11 is 0. The Morgan fingerprint density at radius 3 is 2.28 bits per heavy atom. The second-order valence-corrected chi connectivity index (χ2v) is 7.69. The number of hydrogen-bond donors (Lipinski definition) is 1. The second kappa shape index (κ2) is 5.57. The van der Waals surface area contributed by atoms with Crippen LogP contribution in [0.25, 0.3) is 0 Å². The van der Waals surface area contributed by atoms with E-state index in [0.717, 1.165) is 6.42 Å². The average Bonchev–Trinajstić information content (AvgIpc) is 2.52. The molecule has 106 valence electrons. The first-order valence-electron chi connectivity index (χ1n) is 6.43. The molecule has 0 aromatic carbocycles. The Balaban J connectivity index is 2.92. The Kier molecular flexibility index (Phi) is 4.78. The smallest absolute Gasteiger partial charge is 0.241 e. The fraction of sp³-hybridized carbons (Fsp3) is 0.917. The lowest BCUT2D eigenvalue weighted by Crippen LogP contribution is -2.48. The van der Waals surface area contributed by atoms with Gasteiger partial charge in [0.2, 0.25) is 5.91 Å². The number of nitrogens with one attached hydrogen (secondary N) is 1. The van der Waals surface area contributed by atoms with Gasteiger partial charge in [-0.1, -0.05) is 20.8 Å². The van der Waals surface area contributed by atoms with Gasteiger partial charge in [-0.05, 0) is 19.3 Å². The lowest BCUT2D eigenvalue weighted by atomic mass is 10.1. The van der Waals surface area contributed by atoms with Crippen molar-refractivity contribution in [2.24, 2.45) is 5.92 Å². The molecule has 0 spiro atoms. The predicted octanol–water partition coefficient (Wildman–Crippen LogP) is 0.612. The summed E-state index contributed by atoms with van der Waals surface area (Å²) in [5, 5.41) is 3.29. The van der Waals surface area contributed by atoms with E-state index < -0.39 is 9.84 Å². The first-order chi connectivity index (χ1) is 8.17. The number of hydrogen-bond acceptors (Lipinski definition) is 4. The molecule has 1 fully saturated rings. The van der Waals surface area contributed by atoms with E-state index in [1.807, 2.05) is 20.8 Å². The normalized spacial score (nSPS) is 27.0. The van der Waals surface area contributed by atoms with Crippen LogP contribution >= 0.6 is 0 Å². The van der Waals surface area contributed by atoms with Crippen LogP contribution in [-0.4, -0.2) is 49.5 Å². The van der Waals surface area contributed by atoms with Crippen molar-refractivity contribution >= 4 is 15.7 Å². The van der Waals surface area contributed by atoms with Gasteiger partial charge in [-0.2, -0.15) is 0 Å². The van der Waals surface area contributed by atoms with Crippen molar-refractivity contribution in [1.82, 2.24) is 10.2 Å². The summed E-state index contributed by atoms with van der Waals surface area (Å²) in [6, 6.07) is -0.469. The number of sulfone groups is 1. The first kappa shape index (κ1) is 15.4. The van der Waals surface area contributed by atoms with E-state index in [-0.39, 0.29) is 35.8 Å². The molecule has 1 heterocycles. The Morgan fingerprint density at radius 1 is 1.33 bits per heavy atom. The van der Waals surface area contributed by atoms with Gasteiger partial charge in [-0.15, -0.1) is 0 Å². The van der Waals surface area contributed by atoms with E-state index >= 15 is 0 Å². The van der Waals surface area contributed by atoms with Gasteiger partial charge < -0.3 is 4.90 Å². The molecule has 1 aliphatic heterocycles. The number of amides is 1. The summed E-state index contributed by atoms with van der Waals surface area (Å²) in [7, 11) is -3.08. The molecule has 18 heavy (non-hydrogen) atoms. The molecule has 3 atom stereocenters. The monoisotopic (exact) mass is 276 g/mol. The molecule has 0 saturated carbocycles. The Hall–Kier alpha value is -0.620. The molecule has 1 saturated heterocycles. The van der Waals surface area contributed by atoms with Gasteiger partial charge >= 0.3 is 0 Å². The van der Waals surface area contributed by atoms with Crippen molar-refractivity contribution in [1.29, 1.82) is 0 Å². The van der Waals surface area contributed by atoms with Crippen molar-refractivity contribution in [3.05, 3.63) is 0 Å². The summed E-state index contributed by atoms with van der Waals surface area (Å²) in [5.41, 5.74) is 0. The van der Waals surface area contributed by atoms with Crippen molar-refractivity contribution in [2.45, 2.75) is 52.4 Å². The predicted molar refractivity (Wildman–Crippen MR) is 71.9 cm³/mol. The molecule has 1 amide bonds. The van der Waals surface area contributed by atoms with E-state index in [1.165, 1.54) is 6.26 Å². The van der Waals surface area contributed by atoms with Crippen LogP contribution in [0, 0.1) is 5.92 Å². The molecule has 1 N–H and O–H groups in total. The van der Waals surface area contributed by atoms with Gasteiger partial charge in [0, 0.05) is 12.3 Å². The summed E-state index contributed by atoms with van der Waals surface area (Å²) in [5.74, 6) is 0.292. The molecule has 0 radical (unpaired) electrons. The van der Waals surface area contributed by atoms with Crippen LogP contribution in [0.15, 0.2) is 0 Å². The maximum absolute atomic E-state index is 12.2. The number of nitrogens with zero attached hydrogens (tertiary/aromatic N) is 1. The molecular formula is C12H24N2O3S. The third kappa shape index (κ3) is 3.45. The van der Waals surface area contributed by atoms with Crippen molar-refractivity contribution in [2.75, 3.05) is 12.0 Å². The highest BCUT2D eigenvalue weighted by atomic mass is 32.2. The van der Waals surface area contributed by atoms with Gasteiger partial charge in [0.1, 0.15) is 9.84 Å². The Morgan fingerprint density at radius 2 is 1.89 bits per heavy atom. The zero-order valence-electron chi connectivity index (χ0n) is 11.8. The molecular weight excluding hydrogens is 252 g/mol. The fourth-order valence-electron chi connectivity index (χ4n) is 2.49. The molecule has 6 heteroatoms. The lowest BCUT2D eigenvalue weighted by Gasteiger charge is -2.32. The molecule has 1 aliphatic rings. The molecule has 3 unspecified atom stereocenters. The maximum Gasteiger partial charge on any atom is 0.241 e. The fourth-order valence-corrected chi connectivity index (χ4v) is 3.53. The van der Waals surface area contributed by atoms with Gasteiger partial charge in [-0.25, -0.2) is 8.42 Å². The van der Waals surface area contributed by atoms with E-state index in [2.05, 4.69) is 5.32 Å². The zero-order valence-corrected chi connectivity index (χ0v) is 12.6. The van der Waals surface area contributed by atoms with E-state index in [4.69, 9.17) is 0 Å². The van der Waals surface area contributed by atoms with Crippen LogP contribution in [0.4, 0.5) is 0 Å². The highest BCUT2D eigenvalue weighted by Crippen LogP contribution is 2.22. The van der Waals surface area contributed by atoms with Crippen LogP contribution in [0.1, 0.15) is 34.1 Å². The third-order valence-corrected chi connectivity index (χ3v) is 4.37. The van der Waals surface area contributed by atoms with Crippen molar-refractivity contribution in [3.8, 4) is 0 Å². The van der Waals surface area contributed by atoms with Gasteiger partial charge in [-0.3, -0.25) is 10.1 Å². The first-order valence-corrected chi connectivity index (χ1v) is 8.49. The van der Waals surface area contributed by atoms with Gasteiger partial charge in [0.15, 0.2) is 0 Å². The van der Waals surface area contributed by atoms with E-state index in [9.17, 15) is 13.2 Å².